The van der Waals surface area contributed by atoms with E-state index in [1.807, 2.05) is 0 Å². The molecule has 3 aliphatic heterocycles. The molecular weight excluding hydrogens is 1770 g/mol. The molecule has 0 radical (unpaired) electrons. The number of hydrogen-bond donors (Lipinski definition) is 15. The van der Waals surface area contributed by atoms with Gasteiger partial charge in [-0.3, -0.25) is 81.5 Å². The van der Waals surface area contributed by atoms with Gasteiger partial charge in [0.05, 0.1) is 24.8 Å². The van der Waals surface area contributed by atoms with Crippen LogP contribution in [0.25, 0.3) is 10.9 Å². The number of phenols is 1. The number of aromatic nitrogens is 1. The fraction of sp³-hybridized carbons (Fsp3) is 0.473. The normalized spacial score (nSPS) is 24.0. The number of H-pyrrole nitrogens is 1. The molecule has 722 valence electrons. The van der Waals surface area contributed by atoms with Gasteiger partial charge in [-0.2, -0.15) is 0 Å². The maximum Gasteiger partial charge on any atom is 0.305 e. The highest BCUT2D eigenvalue weighted by Gasteiger charge is 2.48. The Morgan fingerprint density at radius 3 is 1.69 bits per heavy atom. The van der Waals surface area contributed by atoms with Crippen molar-refractivity contribution in [1.29, 1.82) is 0 Å². The van der Waals surface area contributed by atoms with Gasteiger partial charge in [0.1, 0.15) is 84.3 Å². The number of nitrogens with zero attached hydrogens (tertiary/aromatic N) is 5. The van der Waals surface area contributed by atoms with Crippen LogP contribution in [0.15, 0.2) is 128 Å². The largest absolute Gasteiger partial charge is 0.508 e. The number of rotatable bonds is 24. The average Bonchev–Trinajstić information content (AvgIpc) is 1.58. The topological polar surface area (TPSA) is 537 Å². The SMILES string of the molecule is CCCC[C@H]1C(=O)N2CCC[C@@H]2C(=O)N[C@@H](CC(=O)O)C(=O)N[C@@H](C(C)C)C(=O)N(C)[C@H](Cc2ccccc2)C(=O)N[C@H](CCC(=O)O)C(=O)N2C[C@@H](O)C[C@@H]2C(=O)N[C@@H](Cc2c[nH]c3ccccc23)C(=O)N[C@@H](Cc2ccc(O)cc2)C(=O)N[C@@H](CC(C)C)C(=O)N[C@H](C(=O)NCC(N)=O)CSCC(=O)N[C@@H](Cc2cc(F)c(F)c(F)c2)C(=O)N(C)[C@@H](Cc2ccccc2)C(=O)N1C. The number of carboxylic acids is 2. The van der Waals surface area contributed by atoms with Crippen LogP contribution in [0.2, 0.25) is 0 Å². The maximum atomic E-state index is 15.7. The smallest absolute Gasteiger partial charge is 0.305 e. The number of thioether (sulfide) groups is 1. The number of hydrogen-bond acceptors (Lipinski definition) is 20. The number of nitrogens with one attached hydrogen (secondary N) is 10. The number of primary amides is 1. The van der Waals surface area contributed by atoms with Gasteiger partial charge in [0.2, 0.25) is 88.6 Å². The van der Waals surface area contributed by atoms with Gasteiger partial charge in [-0.15, -0.1) is 11.8 Å². The minimum absolute atomic E-state index is 0.0632. The number of aliphatic hydroxyl groups excluding tert-OH is 1. The van der Waals surface area contributed by atoms with Crippen LogP contribution in [-0.2, 0) is 114 Å². The molecule has 37 nitrogen and oxygen atoms in total. The van der Waals surface area contributed by atoms with Crippen LogP contribution in [0.1, 0.15) is 127 Å². The second kappa shape index (κ2) is 48.8. The molecule has 6 aromatic rings. The van der Waals surface area contributed by atoms with Crippen molar-refractivity contribution in [3.63, 3.8) is 0 Å². The van der Waals surface area contributed by atoms with Crippen LogP contribution in [0, 0.1) is 29.3 Å². The number of aliphatic hydroxyl groups is 1. The quantitative estimate of drug-likeness (QED) is 0.0383. The first-order valence-electron chi connectivity index (χ1n) is 44.2. The highest BCUT2D eigenvalue weighted by atomic mass is 32.2. The zero-order valence-electron chi connectivity index (χ0n) is 75.6. The summed E-state index contributed by atoms with van der Waals surface area (Å²) in [6, 6.07) is 7.74. The molecule has 0 unspecified atom stereocenters. The Bertz CT molecular complexity index is 5230. The molecule has 0 spiro atoms. The van der Waals surface area contributed by atoms with Crippen molar-refractivity contribution >= 4 is 123 Å². The summed E-state index contributed by atoms with van der Waals surface area (Å²) in [7, 11) is 3.66. The molecule has 0 aliphatic carbocycles. The summed E-state index contributed by atoms with van der Waals surface area (Å²) >= 11 is 0.655. The van der Waals surface area contributed by atoms with Gasteiger partial charge in [-0.05, 0) is 102 Å². The Balaban J connectivity index is 1.14. The van der Waals surface area contributed by atoms with Crippen LogP contribution < -0.4 is 53.6 Å². The summed E-state index contributed by atoms with van der Waals surface area (Å²) in [5, 5.41) is 66.1. The van der Waals surface area contributed by atoms with E-state index in [1.54, 1.807) is 112 Å². The van der Waals surface area contributed by atoms with Gasteiger partial charge in [0.25, 0.3) is 0 Å². The first-order valence-corrected chi connectivity index (χ1v) is 45.4. The lowest BCUT2D eigenvalue weighted by molar-refractivity contribution is -0.152. The molecular formula is C93H117F3N16O21S. The standard InChI is InChI=1S/C93H117F3N16O21S/c1-9-10-26-71-92(132)111-34-19-27-70(111)86(126)105-67(44-78(119)120)85(125)107-80(51(4)5)93(133)109(7)72(40-52-20-13-11-14-21-52)87(127)101-63(32-33-77(117)118)90(130)112-47-58(114)43-73(112)88(128)104-66(42-56-45-98-62-25-18-17-24-59(56)62)84(124)103-65(38-54-28-30-57(113)31-29-54)83(123)102-64(35-50(2)3)82(122)106-69(81(121)99-46-75(97)115)48-134-49-76(116)100-68(39-55-36-60(94)79(96)61(95)37-55)89(129)110(8)74(91(131)108(71)6)41-53-22-15-12-16-23-53/h11-18,20-25,28-31,36-37,45,50-51,58,63-74,80,98,113-114H,9-10,19,26-27,32-35,38-44,46-49H2,1-8H3,(H2,97,115)(H,99,121)(H,100,116)(H,101,127)(H,102,123)(H,103,124)(H,104,128)(H,105,126)(H,106,122)(H,107,125)(H,117,118)(H,119,120)/t58-,63+,64-,65-,66-,67-,68-,69-,70+,71-,72+,73+,74-,80-/m0/s1. The van der Waals surface area contributed by atoms with Gasteiger partial charge in [-0.1, -0.05) is 138 Å². The molecule has 3 aliphatic rings. The highest BCUT2D eigenvalue weighted by Crippen LogP contribution is 2.29. The second-order valence-corrected chi connectivity index (χ2v) is 35.6. The van der Waals surface area contributed by atoms with E-state index in [2.05, 4.69) is 52.8 Å². The first kappa shape index (κ1) is 104. The van der Waals surface area contributed by atoms with E-state index in [0.29, 0.717) is 63.5 Å². The van der Waals surface area contributed by atoms with E-state index in [-0.39, 0.29) is 69.2 Å². The molecule has 1 aromatic heterocycles. The number of carboxylic acid groups (broad SMARTS) is 2. The fourth-order valence-electron chi connectivity index (χ4n) is 16.5. The molecule has 14 atom stereocenters. The van der Waals surface area contributed by atoms with E-state index in [9.17, 15) is 58.4 Å². The summed E-state index contributed by atoms with van der Waals surface area (Å²) in [6.45, 7) is 6.65. The van der Waals surface area contributed by atoms with Crippen molar-refractivity contribution in [2.24, 2.45) is 17.6 Å². The van der Waals surface area contributed by atoms with Crippen LogP contribution in [0.5, 0.6) is 5.75 Å². The number of aliphatic carboxylic acids is 2. The maximum absolute atomic E-state index is 15.7. The Kier molecular flexibility index (Phi) is 38.0. The van der Waals surface area contributed by atoms with E-state index in [4.69, 9.17) is 5.73 Å². The number of fused-ring (bicyclic) bond motifs is 3. The zero-order valence-corrected chi connectivity index (χ0v) is 76.4. The third kappa shape index (κ3) is 28.8. The number of phenolic OH excluding ortho intramolecular Hbond substituents is 1. The van der Waals surface area contributed by atoms with Crippen molar-refractivity contribution in [3.05, 3.63) is 173 Å². The molecule has 15 amide bonds. The lowest BCUT2D eigenvalue weighted by Crippen LogP contribution is -2.62. The molecule has 3 fully saturated rings. The summed E-state index contributed by atoms with van der Waals surface area (Å²) < 4.78 is 45.1. The van der Waals surface area contributed by atoms with Gasteiger partial charge >= 0.3 is 11.9 Å². The number of halogens is 3. The number of carbonyl (C=O) groups excluding carboxylic acids is 15. The first-order chi connectivity index (χ1) is 63.6. The molecule has 16 N–H and O–H groups in total. The Hall–Kier alpha value is -13.5. The third-order valence-corrected chi connectivity index (χ3v) is 24.7. The minimum atomic E-state index is -1.99. The summed E-state index contributed by atoms with van der Waals surface area (Å²) in [4.78, 5) is 258. The average molecular weight is 1880 g/mol. The van der Waals surface area contributed by atoms with Crippen molar-refractivity contribution in [3.8, 4) is 5.75 Å². The Labute approximate surface area is 775 Å². The predicted octanol–water partition coefficient (Wildman–Crippen LogP) is 1.70. The van der Waals surface area contributed by atoms with Crippen molar-refractivity contribution in [2.75, 3.05) is 52.3 Å². The number of para-hydroxylation sites is 1. The monoisotopic (exact) mass is 1880 g/mol. The number of nitrogens with two attached hydrogens (primary N) is 1. The Morgan fingerprint density at radius 1 is 0.537 bits per heavy atom. The molecule has 0 bridgehead atoms. The number of aromatic amines is 1. The van der Waals surface area contributed by atoms with Gasteiger partial charge < -0.3 is 103 Å². The molecule has 134 heavy (non-hydrogen) atoms. The lowest BCUT2D eigenvalue weighted by atomic mass is 9.98. The number of carbonyl (C=O) groups is 17. The van der Waals surface area contributed by atoms with E-state index >= 15 is 56.7 Å². The third-order valence-electron chi connectivity index (χ3n) is 23.7. The molecule has 3 saturated heterocycles. The molecule has 9 rings (SSSR count). The van der Waals surface area contributed by atoms with Gasteiger partial charge in [0, 0.05) is 102 Å². The summed E-state index contributed by atoms with van der Waals surface area (Å²) in [5.74, 6) is -26.7. The highest BCUT2D eigenvalue weighted by molar-refractivity contribution is 8.00. The van der Waals surface area contributed by atoms with Crippen molar-refractivity contribution in [1.82, 2.24) is 77.3 Å². The lowest BCUT2D eigenvalue weighted by Gasteiger charge is -2.38. The van der Waals surface area contributed by atoms with E-state index < -0.39 is 278 Å². The molecule has 5 aromatic carbocycles. The second-order valence-electron chi connectivity index (χ2n) is 34.6. The van der Waals surface area contributed by atoms with Crippen LogP contribution in [0.4, 0.5) is 13.2 Å². The van der Waals surface area contributed by atoms with Gasteiger partial charge in [0.15, 0.2) is 17.5 Å². The minimum Gasteiger partial charge on any atom is -0.508 e. The number of amides is 15. The van der Waals surface area contributed by atoms with Crippen molar-refractivity contribution in [2.45, 2.75) is 216 Å². The van der Waals surface area contributed by atoms with Crippen LogP contribution in [-0.4, -0.2) is 287 Å². The molecule has 0 saturated carbocycles. The predicted molar refractivity (Wildman–Crippen MR) is 483 cm³/mol. The van der Waals surface area contributed by atoms with Crippen molar-refractivity contribution < 1.29 is 115 Å². The molecule has 4 heterocycles. The molecule has 41 heteroatoms. The van der Waals surface area contributed by atoms with Gasteiger partial charge in [-0.25, -0.2) is 13.2 Å². The number of unbranched alkanes of at least 4 members (excludes halogenated alkanes) is 1. The number of aromatic hydroxyl groups is 1. The summed E-state index contributed by atoms with van der Waals surface area (Å²) in [5.41, 5.74) is 7.26. The number of likely N-dealkylation sites (N-methyl/N-ethyl adjacent to an activating group) is 3. The summed E-state index contributed by atoms with van der Waals surface area (Å²) in [6.07, 6.45) is -4.62. The van der Waals surface area contributed by atoms with E-state index in [1.165, 1.54) is 59.3 Å². The Morgan fingerprint density at radius 2 is 1.08 bits per heavy atom. The van der Waals surface area contributed by atoms with E-state index in [0.717, 1.165) is 24.5 Å². The van der Waals surface area contributed by atoms with Crippen LogP contribution >= 0.6 is 11.8 Å². The van der Waals surface area contributed by atoms with Crippen LogP contribution in [0.3, 0.4) is 0 Å². The zero-order chi connectivity index (χ0) is 98.1. The number of benzene rings is 5. The fourth-order valence-corrected chi connectivity index (χ4v) is 17.3.